The van der Waals surface area contributed by atoms with Crippen molar-refractivity contribution in [2.45, 2.75) is 58.3 Å². The summed E-state index contributed by atoms with van der Waals surface area (Å²) >= 11 is 1.67. The lowest BCUT2D eigenvalue weighted by Gasteiger charge is -2.38. The quantitative estimate of drug-likeness (QED) is 0.926. The van der Waals surface area contributed by atoms with Crippen molar-refractivity contribution in [2.75, 3.05) is 19.6 Å². The van der Waals surface area contributed by atoms with Gasteiger partial charge in [-0.3, -0.25) is 9.69 Å². The number of carbonyl (C=O) groups is 1. The number of morpholine rings is 1. The number of nitrogens with zero attached hydrogens (tertiary/aromatic N) is 1. The summed E-state index contributed by atoms with van der Waals surface area (Å²) in [6.45, 7) is 8.98. The van der Waals surface area contributed by atoms with Gasteiger partial charge in [-0.1, -0.05) is 0 Å². The number of amides is 1. The molecule has 0 bridgehead atoms. The molecule has 2 aliphatic rings. The second-order valence-electron chi connectivity index (χ2n) is 6.68. The van der Waals surface area contributed by atoms with Crippen molar-refractivity contribution in [3.63, 3.8) is 0 Å². The second kappa shape index (κ2) is 6.69. The molecule has 0 radical (unpaired) electrons. The molecule has 1 amide bonds. The molecule has 122 valence electrons. The highest BCUT2D eigenvalue weighted by Gasteiger charge is 2.26. The Kier molecular flexibility index (Phi) is 4.85. The van der Waals surface area contributed by atoms with E-state index in [0.29, 0.717) is 12.6 Å². The molecule has 22 heavy (non-hydrogen) atoms. The summed E-state index contributed by atoms with van der Waals surface area (Å²) in [5.41, 5.74) is 1.39. The Morgan fingerprint density at radius 1 is 1.41 bits per heavy atom. The van der Waals surface area contributed by atoms with E-state index >= 15 is 0 Å². The van der Waals surface area contributed by atoms with Gasteiger partial charge in [-0.15, -0.1) is 11.3 Å². The summed E-state index contributed by atoms with van der Waals surface area (Å²) in [5, 5.41) is 3.10. The van der Waals surface area contributed by atoms with E-state index in [4.69, 9.17) is 4.74 Å². The zero-order chi connectivity index (χ0) is 15.7. The molecule has 0 aromatic carbocycles. The average molecular weight is 322 g/mol. The summed E-state index contributed by atoms with van der Waals surface area (Å²) in [6.07, 6.45) is 4.06. The van der Waals surface area contributed by atoms with E-state index in [-0.39, 0.29) is 18.1 Å². The Bertz CT molecular complexity index is 511. The lowest BCUT2D eigenvalue weighted by molar-refractivity contribution is -0.0778. The molecule has 1 saturated heterocycles. The standard InChI is InChI=1S/C17H26N2O2S/c1-11(19-9-12(2)21-13(3)10-19)8-18-17(20)16-7-14-5-4-6-15(14)22-16/h7,11-13H,4-6,8-10H2,1-3H3,(H,18,20)/t11-,12-,13+/m1/s1. The number of ether oxygens (including phenoxy) is 1. The normalized spacial score (nSPS) is 26.7. The van der Waals surface area contributed by atoms with Crippen LogP contribution in [0.15, 0.2) is 6.07 Å². The van der Waals surface area contributed by atoms with Gasteiger partial charge in [-0.2, -0.15) is 0 Å². The van der Waals surface area contributed by atoms with Crippen LogP contribution < -0.4 is 5.32 Å². The van der Waals surface area contributed by atoms with Crippen molar-refractivity contribution in [1.82, 2.24) is 10.2 Å². The van der Waals surface area contributed by atoms with Crippen LogP contribution in [0.5, 0.6) is 0 Å². The number of hydrogen-bond acceptors (Lipinski definition) is 4. The molecule has 1 aliphatic carbocycles. The van der Waals surface area contributed by atoms with Gasteiger partial charge in [0.2, 0.25) is 0 Å². The van der Waals surface area contributed by atoms with Gasteiger partial charge in [-0.05, 0) is 51.7 Å². The minimum atomic E-state index is 0.0839. The molecule has 1 N–H and O–H groups in total. The van der Waals surface area contributed by atoms with Gasteiger partial charge in [0.1, 0.15) is 0 Å². The summed E-state index contributed by atoms with van der Waals surface area (Å²) in [6, 6.07) is 2.43. The Labute approximate surface area is 136 Å². The van der Waals surface area contributed by atoms with Gasteiger partial charge in [0.05, 0.1) is 17.1 Å². The van der Waals surface area contributed by atoms with Crippen molar-refractivity contribution in [3.05, 3.63) is 21.4 Å². The van der Waals surface area contributed by atoms with Crippen LogP contribution >= 0.6 is 11.3 Å². The predicted molar refractivity (Wildman–Crippen MR) is 89.7 cm³/mol. The van der Waals surface area contributed by atoms with Crippen molar-refractivity contribution in [3.8, 4) is 0 Å². The van der Waals surface area contributed by atoms with Crippen LogP contribution in [-0.4, -0.2) is 48.7 Å². The first-order chi connectivity index (χ1) is 10.5. The molecule has 3 rings (SSSR count). The summed E-state index contributed by atoms with van der Waals surface area (Å²) in [5.74, 6) is 0.0839. The van der Waals surface area contributed by atoms with E-state index in [9.17, 15) is 4.79 Å². The first kappa shape index (κ1) is 16.0. The maximum atomic E-state index is 12.3. The molecule has 5 heteroatoms. The molecule has 1 aromatic rings. The average Bonchev–Trinajstić information content (AvgIpc) is 3.04. The van der Waals surface area contributed by atoms with Gasteiger partial charge in [0, 0.05) is 30.6 Å². The van der Waals surface area contributed by atoms with Crippen molar-refractivity contribution >= 4 is 17.2 Å². The van der Waals surface area contributed by atoms with Crippen LogP contribution in [-0.2, 0) is 17.6 Å². The fraction of sp³-hybridized carbons (Fsp3) is 0.706. The van der Waals surface area contributed by atoms with Crippen LogP contribution in [0.25, 0.3) is 0 Å². The smallest absolute Gasteiger partial charge is 0.261 e. The fourth-order valence-corrected chi connectivity index (χ4v) is 4.65. The summed E-state index contributed by atoms with van der Waals surface area (Å²) < 4.78 is 5.77. The number of fused-ring (bicyclic) bond motifs is 1. The van der Waals surface area contributed by atoms with Crippen LogP contribution in [0.3, 0.4) is 0 Å². The van der Waals surface area contributed by atoms with Gasteiger partial charge in [0.25, 0.3) is 5.91 Å². The molecular formula is C17H26N2O2S. The van der Waals surface area contributed by atoms with Crippen molar-refractivity contribution in [1.29, 1.82) is 0 Å². The molecule has 1 aliphatic heterocycles. The summed E-state index contributed by atoms with van der Waals surface area (Å²) in [7, 11) is 0. The molecule has 1 fully saturated rings. The Hall–Kier alpha value is -0.910. The molecule has 0 unspecified atom stereocenters. The minimum Gasteiger partial charge on any atom is -0.373 e. The van der Waals surface area contributed by atoms with E-state index in [1.54, 1.807) is 11.3 Å². The molecule has 3 atom stereocenters. The maximum Gasteiger partial charge on any atom is 0.261 e. The lowest BCUT2D eigenvalue weighted by atomic mass is 10.1. The van der Waals surface area contributed by atoms with E-state index in [1.165, 1.54) is 16.9 Å². The monoisotopic (exact) mass is 322 g/mol. The topological polar surface area (TPSA) is 41.6 Å². The Morgan fingerprint density at radius 2 is 2.14 bits per heavy atom. The fourth-order valence-electron chi connectivity index (χ4n) is 3.48. The van der Waals surface area contributed by atoms with Gasteiger partial charge >= 0.3 is 0 Å². The highest BCUT2D eigenvalue weighted by Crippen LogP contribution is 2.30. The molecular weight excluding hydrogens is 296 g/mol. The highest BCUT2D eigenvalue weighted by atomic mass is 32.1. The van der Waals surface area contributed by atoms with E-state index in [2.05, 4.69) is 37.1 Å². The highest BCUT2D eigenvalue weighted by molar-refractivity contribution is 7.14. The third kappa shape index (κ3) is 3.53. The number of rotatable bonds is 4. The first-order valence-electron chi connectivity index (χ1n) is 8.32. The second-order valence-corrected chi connectivity index (χ2v) is 7.82. The largest absolute Gasteiger partial charge is 0.373 e. The molecule has 1 aromatic heterocycles. The third-order valence-electron chi connectivity index (χ3n) is 4.60. The molecule has 0 saturated carbocycles. The van der Waals surface area contributed by atoms with E-state index in [1.807, 2.05) is 0 Å². The molecule has 2 heterocycles. The van der Waals surface area contributed by atoms with Crippen LogP contribution in [0.2, 0.25) is 0 Å². The van der Waals surface area contributed by atoms with Crippen LogP contribution in [0.1, 0.15) is 47.3 Å². The van der Waals surface area contributed by atoms with E-state index in [0.717, 1.165) is 30.8 Å². The summed E-state index contributed by atoms with van der Waals surface area (Å²) in [4.78, 5) is 17.0. The zero-order valence-electron chi connectivity index (χ0n) is 13.7. The molecule has 0 spiro atoms. The number of carbonyl (C=O) groups excluding carboxylic acids is 1. The van der Waals surface area contributed by atoms with Gasteiger partial charge < -0.3 is 10.1 Å². The predicted octanol–water partition coefficient (Wildman–Crippen LogP) is 2.46. The van der Waals surface area contributed by atoms with Crippen molar-refractivity contribution < 1.29 is 9.53 Å². The number of aryl methyl sites for hydroxylation is 2. The Morgan fingerprint density at radius 3 is 2.82 bits per heavy atom. The van der Waals surface area contributed by atoms with E-state index < -0.39 is 0 Å². The number of thiophene rings is 1. The first-order valence-corrected chi connectivity index (χ1v) is 9.14. The Balaban J connectivity index is 1.51. The minimum absolute atomic E-state index is 0.0839. The third-order valence-corrected chi connectivity index (χ3v) is 5.84. The van der Waals surface area contributed by atoms with Gasteiger partial charge in [0.15, 0.2) is 0 Å². The van der Waals surface area contributed by atoms with Crippen LogP contribution in [0, 0.1) is 0 Å². The molecule has 4 nitrogen and oxygen atoms in total. The maximum absolute atomic E-state index is 12.3. The van der Waals surface area contributed by atoms with Gasteiger partial charge in [-0.25, -0.2) is 0 Å². The zero-order valence-corrected chi connectivity index (χ0v) is 14.5. The number of nitrogens with one attached hydrogen (secondary N) is 1. The number of hydrogen-bond donors (Lipinski definition) is 1. The lowest BCUT2D eigenvalue weighted by Crippen LogP contribution is -2.52. The van der Waals surface area contributed by atoms with Crippen molar-refractivity contribution in [2.24, 2.45) is 0 Å². The SMILES string of the molecule is C[C@@H]1CN([C@H](C)CNC(=O)c2cc3c(s2)CCC3)C[C@H](C)O1. The van der Waals surface area contributed by atoms with Crippen LogP contribution in [0.4, 0.5) is 0 Å².